The van der Waals surface area contributed by atoms with E-state index in [1.807, 2.05) is 32.5 Å². The second-order valence-electron chi connectivity index (χ2n) is 5.76. The van der Waals surface area contributed by atoms with Crippen molar-refractivity contribution in [3.05, 3.63) is 11.8 Å². The Bertz CT molecular complexity index is 310. The molecule has 0 aromatic heterocycles. The first kappa shape index (κ1) is 19.4. The first-order valence-electron chi connectivity index (χ1n) is 5.67. The molecule has 1 amide bonds. The zero-order chi connectivity index (χ0) is 15.0. The number of aliphatic hydroxyl groups excluding tert-OH is 1. The Morgan fingerprint density at radius 2 is 1.61 bits per heavy atom. The summed E-state index contributed by atoms with van der Waals surface area (Å²) in [5.41, 5.74) is 4.89. The van der Waals surface area contributed by atoms with Gasteiger partial charge in [0.05, 0.1) is 0 Å². The second kappa shape index (κ2) is 8.19. The van der Waals surface area contributed by atoms with Crippen molar-refractivity contribution in [3.8, 4) is 0 Å². The van der Waals surface area contributed by atoms with Crippen LogP contribution < -0.4 is 5.73 Å². The van der Waals surface area contributed by atoms with Gasteiger partial charge >= 0.3 is 0 Å². The summed E-state index contributed by atoms with van der Waals surface area (Å²) in [5.74, 6) is 0.114. The predicted octanol–water partition coefficient (Wildman–Crippen LogP) is 3.14. The number of carbonyl (C=O) groups is 1. The number of hydrogen-bond donors (Lipinski definition) is 2. The first-order valence-corrected chi connectivity index (χ1v) is 6.89. The third kappa shape index (κ3) is 13.1. The van der Waals surface area contributed by atoms with Gasteiger partial charge in [-0.2, -0.15) is 16.8 Å². The van der Waals surface area contributed by atoms with Crippen molar-refractivity contribution in [3.63, 3.8) is 0 Å². The van der Waals surface area contributed by atoms with Gasteiger partial charge in [-0.1, -0.05) is 41.5 Å². The van der Waals surface area contributed by atoms with Gasteiger partial charge in [-0.15, -0.1) is 0 Å². The predicted molar refractivity (Wildman–Crippen MR) is 81.1 cm³/mol. The SMILES string of the molecule is CC(C)(C)/C(O)=C/C(N)=NC=O.CSC(C)(C)C. The van der Waals surface area contributed by atoms with Crippen molar-refractivity contribution >= 4 is 24.0 Å². The molecule has 0 spiro atoms. The minimum atomic E-state index is -0.372. The number of rotatable bonds is 2. The Balaban J connectivity index is 0. The lowest BCUT2D eigenvalue weighted by Crippen LogP contribution is -2.15. The van der Waals surface area contributed by atoms with Crippen molar-refractivity contribution in [1.29, 1.82) is 0 Å². The molecular formula is C13H26N2O2S. The van der Waals surface area contributed by atoms with Crippen LogP contribution in [0.25, 0.3) is 0 Å². The van der Waals surface area contributed by atoms with Crippen molar-refractivity contribution in [2.75, 3.05) is 6.26 Å². The zero-order valence-corrected chi connectivity index (χ0v) is 13.3. The molecule has 4 nitrogen and oxygen atoms in total. The maximum atomic E-state index is 9.87. The number of nitrogens with zero attached hydrogens (tertiary/aromatic N) is 1. The zero-order valence-electron chi connectivity index (χ0n) is 12.4. The molecule has 5 heteroatoms. The molecule has 0 aliphatic carbocycles. The van der Waals surface area contributed by atoms with E-state index in [1.165, 1.54) is 6.08 Å². The number of aliphatic imine (C=N–C) groups is 1. The highest BCUT2D eigenvalue weighted by molar-refractivity contribution is 7.99. The smallest absolute Gasteiger partial charge is 0.234 e. The summed E-state index contributed by atoms with van der Waals surface area (Å²) in [6, 6.07) is 0. The van der Waals surface area contributed by atoms with Gasteiger partial charge in [0.25, 0.3) is 0 Å². The van der Waals surface area contributed by atoms with E-state index in [-0.39, 0.29) is 17.0 Å². The van der Waals surface area contributed by atoms with Gasteiger partial charge in [0.1, 0.15) is 11.6 Å². The minimum absolute atomic E-state index is 0.0115. The van der Waals surface area contributed by atoms with E-state index in [1.54, 1.807) is 0 Å². The van der Waals surface area contributed by atoms with Gasteiger partial charge in [0.15, 0.2) is 0 Å². The Hall–Kier alpha value is -0.970. The van der Waals surface area contributed by atoms with Gasteiger partial charge in [-0.25, -0.2) is 0 Å². The topological polar surface area (TPSA) is 75.7 Å². The Labute approximate surface area is 115 Å². The summed E-state index contributed by atoms with van der Waals surface area (Å²) in [7, 11) is 0. The van der Waals surface area contributed by atoms with E-state index < -0.39 is 0 Å². The van der Waals surface area contributed by atoms with Gasteiger partial charge in [-0.3, -0.25) is 4.79 Å². The fourth-order valence-electron chi connectivity index (χ4n) is 0.455. The Morgan fingerprint density at radius 1 is 1.22 bits per heavy atom. The molecular weight excluding hydrogens is 248 g/mol. The standard InChI is InChI=1S/C8H14N2O2.C5H12S/c1-8(2,3)6(12)4-7(9)10-5-11;1-5(2,3)6-4/h4-5,12H,1-3H3,(H2,9,10,11);1-4H3/b6-4-;. The number of carbonyl (C=O) groups excluding carboxylic acids is 1. The van der Waals surface area contributed by atoms with E-state index in [4.69, 9.17) is 5.73 Å². The monoisotopic (exact) mass is 274 g/mol. The van der Waals surface area contributed by atoms with E-state index in [9.17, 15) is 9.90 Å². The molecule has 0 aliphatic rings. The molecule has 0 bridgehead atoms. The summed E-state index contributed by atoms with van der Waals surface area (Å²) in [5, 5.41) is 9.37. The van der Waals surface area contributed by atoms with Crippen molar-refractivity contribution < 1.29 is 9.90 Å². The van der Waals surface area contributed by atoms with Crippen LogP contribution in [0.5, 0.6) is 0 Å². The molecule has 0 saturated heterocycles. The number of nitrogens with two attached hydrogens (primary N) is 1. The summed E-state index contributed by atoms with van der Waals surface area (Å²) < 4.78 is 0.458. The maximum absolute atomic E-state index is 9.87. The van der Waals surface area contributed by atoms with Crippen LogP contribution in [0, 0.1) is 5.41 Å². The fraction of sp³-hybridized carbons (Fsp3) is 0.692. The number of aliphatic hydroxyl groups is 1. The molecule has 0 radical (unpaired) electrons. The molecule has 0 unspecified atom stereocenters. The molecule has 0 heterocycles. The highest BCUT2D eigenvalue weighted by Crippen LogP contribution is 2.21. The van der Waals surface area contributed by atoms with Crippen LogP contribution in [0.15, 0.2) is 16.8 Å². The highest BCUT2D eigenvalue weighted by Gasteiger charge is 2.15. The minimum Gasteiger partial charge on any atom is -0.512 e. The highest BCUT2D eigenvalue weighted by atomic mass is 32.2. The average molecular weight is 274 g/mol. The Morgan fingerprint density at radius 3 is 1.83 bits per heavy atom. The Kier molecular flexibility index (Phi) is 8.81. The normalized spacial score (nSPS) is 13.7. The van der Waals surface area contributed by atoms with Crippen LogP contribution >= 0.6 is 11.8 Å². The summed E-state index contributed by atoms with van der Waals surface area (Å²) in [6.07, 6.45) is 3.73. The number of hydrogen-bond acceptors (Lipinski definition) is 3. The molecule has 0 rings (SSSR count). The summed E-state index contributed by atoms with van der Waals surface area (Å²) in [6.45, 7) is 12.1. The van der Waals surface area contributed by atoms with Crippen molar-refractivity contribution in [1.82, 2.24) is 0 Å². The quantitative estimate of drug-likeness (QED) is 0.351. The summed E-state index contributed by atoms with van der Waals surface area (Å²) in [4.78, 5) is 13.1. The van der Waals surface area contributed by atoms with Crippen LogP contribution in [0.4, 0.5) is 0 Å². The molecule has 0 aliphatic heterocycles. The summed E-state index contributed by atoms with van der Waals surface area (Å²) >= 11 is 1.88. The van der Waals surface area contributed by atoms with Crippen LogP contribution in [0.3, 0.4) is 0 Å². The van der Waals surface area contributed by atoms with E-state index in [0.29, 0.717) is 11.2 Å². The second-order valence-corrected chi connectivity index (χ2v) is 7.39. The van der Waals surface area contributed by atoms with Gasteiger partial charge in [0, 0.05) is 16.2 Å². The molecule has 18 heavy (non-hydrogen) atoms. The third-order valence-corrected chi connectivity index (χ3v) is 3.09. The fourth-order valence-corrected chi connectivity index (χ4v) is 0.455. The molecule has 0 fully saturated rings. The van der Waals surface area contributed by atoms with Gasteiger partial charge < -0.3 is 10.8 Å². The lowest BCUT2D eigenvalue weighted by atomic mass is 9.93. The van der Waals surface area contributed by atoms with Gasteiger partial charge in [-0.05, 0) is 6.26 Å². The average Bonchev–Trinajstić information content (AvgIpc) is 2.16. The molecule has 0 aromatic rings. The van der Waals surface area contributed by atoms with E-state index in [2.05, 4.69) is 32.0 Å². The third-order valence-electron chi connectivity index (χ3n) is 1.87. The number of thioether (sulfide) groups is 1. The molecule has 106 valence electrons. The van der Waals surface area contributed by atoms with Crippen LogP contribution in [-0.2, 0) is 4.79 Å². The number of allylic oxidation sites excluding steroid dienone is 1. The van der Waals surface area contributed by atoms with Crippen LogP contribution in [0.1, 0.15) is 41.5 Å². The van der Waals surface area contributed by atoms with Crippen LogP contribution in [0.2, 0.25) is 0 Å². The van der Waals surface area contributed by atoms with Crippen molar-refractivity contribution in [2.24, 2.45) is 16.1 Å². The molecule has 0 atom stereocenters. The van der Waals surface area contributed by atoms with E-state index in [0.717, 1.165) is 0 Å². The van der Waals surface area contributed by atoms with Gasteiger partial charge in [0.2, 0.25) is 6.41 Å². The van der Waals surface area contributed by atoms with Crippen LogP contribution in [-0.4, -0.2) is 28.4 Å². The lowest BCUT2D eigenvalue weighted by Gasteiger charge is -2.16. The number of amidine groups is 1. The molecule has 0 aromatic carbocycles. The first-order chi connectivity index (χ1) is 7.94. The lowest BCUT2D eigenvalue weighted by molar-refractivity contribution is -0.106. The molecule has 0 saturated carbocycles. The molecule has 3 N–H and O–H groups in total. The largest absolute Gasteiger partial charge is 0.512 e. The van der Waals surface area contributed by atoms with E-state index >= 15 is 0 Å². The maximum Gasteiger partial charge on any atom is 0.234 e. The van der Waals surface area contributed by atoms with Crippen molar-refractivity contribution in [2.45, 2.75) is 46.3 Å². The number of amides is 1.